The molecule has 0 bridgehead atoms. The molecule has 0 radical (unpaired) electrons. The van der Waals surface area contributed by atoms with E-state index in [4.69, 9.17) is 0 Å². The third-order valence-corrected chi connectivity index (χ3v) is 6.45. The second-order valence-electron chi connectivity index (χ2n) is 6.49. The van der Waals surface area contributed by atoms with Crippen molar-refractivity contribution >= 4 is 10.0 Å². The van der Waals surface area contributed by atoms with E-state index in [2.05, 4.69) is 4.90 Å². The number of halogens is 1. The van der Waals surface area contributed by atoms with Gasteiger partial charge in [-0.2, -0.15) is 4.31 Å². The summed E-state index contributed by atoms with van der Waals surface area (Å²) in [6.45, 7) is 2.82. The van der Waals surface area contributed by atoms with Crippen LogP contribution in [0.5, 0.6) is 0 Å². The Bertz CT molecular complexity index is 623. The number of nitrogens with zero attached hydrogens (tertiary/aromatic N) is 2. The van der Waals surface area contributed by atoms with Gasteiger partial charge in [-0.1, -0.05) is 12.1 Å². The van der Waals surface area contributed by atoms with Crippen molar-refractivity contribution < 1.29 is 17.9 Å². The van der Waals surface area contributed by atoms with Gasteiger partial charge < -0.3 is 5.11 Å². The smallest absolute Gasteiger partial charge is 0.218 e. The van der Waals surface area contributed by atoms with Gasteiger partial charge in [0.25, 0.3) is 0 Å². The molecular weight excluding hydrogens is 319 g/mol. The van der Waals surface area contributed by atoms with Crippen LogP contribution in [0.4, 0.5) is 4.39 Å². The lowest BCUT2D eigenvalue weighted by Gasteiger charge is -2.35. The molecule has 1 aromatic rings. The summed E-state index contributed by atoms with van der Waals surface area (Å²) in [6.07, 6.45) is 1.93. The van der Waals surface area contributed by atoms with Gasteiger partial charge in [0.15, 0.2) is 0 Å². The third kappa shape index (κ3) is 4.50. The zero-order valence-corrected chi connectivity index (χ0v) is 13.9. The lowest BCUT2D eigenvalue weighted by Crippen LogP contribution is -2.50. The topological polar surface area (TPSA) is 60.9 Å². The molecule has 5 nitrogen and oxygen atoms in total. The molecule has 0 unspecified atom stereocenters. The lowest BCUT2D eigenvalue weighted by atomic mass is 10.2. The largest absolute Gasteiger partial charge is 0.392 e. The first-order valence-corrected chi connectivity index (χ1v) is 9.68. The molecule has 2 aliphatic rings. The van der Waals surface area contributed by atoms with Gasteiger partial charge in [-0.3, -0.25) is 4.90 Å². The SMILES string of the molecule is O=S(=O)(Cc1ccc(F)cc1)N1CCN(C[C@@H](O)C2CC2)CC1. The summed E-state index contributed by atoms with van der Waals surface area (Å²) in [5.74, 6) is -0.0259. The van der Waals surface area contributed by atoms with Gasteiger partial charge in [-0.15, -0.1) is 0 Å². The zero-order valence-electron chi connectivity index (χ0n) is 13.1. The summed E-state index contributed by atoms with van der Waals surface area (Å²) >= 11 is 0. The Morgan fingerprint density at radius 3 is 2.30 bits per heavy atom. The Labute approximate surface area is 136 Å². The Hall–Kier alpha value is -1.02. The first-order valence-electron chi connectivity index (χ1n) is 8.07. The Morgan fingerprint density at radius 2 is 1.74 bits per heavy atom. The van der Waals surface area contributed by atoms with Crippen molar-refractivity contribution in [3.8, 4) is 0 Å². The molecule has 0 aromatic heterocycles. The normalized spacial score (nSPS) is 22.2. The Morgan fingerprint density at radius 1 is 1.13 bits per heavy atom. The van der Waals surface area contributed by atoms with Gasteiger partial charge in [-0.25, -0.2) is 12.8 Å². The van der Waals surface area contributed by atoms with Crippen LogP contribution in [0, 0.1) is 11.7 Å². The molecule has 2 fully saturated rings. The van der Waals surface area contributed by atoms with E-state index in [-0.39, 0.29) is 17.7 Å². The highest BCUT2D eigenvalue weighted by Gasteiger charge is 2.33. The maximum atomic E-state index is 12.9. The van der Waals surface area contributed by atoms with E-state index in [9.17, 15) is 17.9 Å². The summed E-state index contributed by atoms with van der Waals surface area (Å²) in [5.41, 5.74) is 0.595. The van der Waals surface area contributed by atoms with E-state index >= 15 is 0 Å². The van der Waals surface area contributed by atoms with Crippen molar-refractivity contribution in [1.82, 2.24) is 9.21 Å². The van der Waals surface area contributed by atoms with Gasteiger partial charge in [0.05, 0.1) is 11.9 Å². The van der Waals surface area contributed by atoms with E-state index in [1.54, 1.807) is 0 Å². The number of rotatable bonds is 6. The standard InChI is InChI=1S/C16H23FN2O3S/c17-15-5-1-13(2-6-15)12-23(21,22)19-9-7-18(8-10-19)11-16(20)14-3-4-14/h1-2,5-6,14,16,20H,3-4,7-12H2/t16-/m1/s1. The number of aliphatic hydroxyl groups excluding tert-OH is 1. The summed E-state index contributed by atoms with van der Waals surface area (Å²) in [5, 5.41) is 9.98. The fourth-order valence-corrected chi connectivity index (χ4v) is 4.48. The molecule has 1 saturated heterocycles. The Kier molecular flexibility index (Phi) is 5.01. The molecule has 0 spiro atoms. The minimum atomic E-state index is -3.38. The van der Waals surface area contributed by atoms with E-state index in [0.717, 1.165) is 12.8 Å². The van der Waals surface area contributed by atoms with E-state index in [1.165, 1.54) is 28.6 Å². The average molecular weight is 342 g/mol. The van der Waals surface area contributed by atoms with E-state index in [0.29, 0.717) is 44.2 Å². The van der Waals surface area contributed by atoms with Crippen molar-refractivity contribution in [3.63, 3.8) is 0 Å². The molecule has 1 aliphatic carbocycles. The minimum absolute atomic E-state index is 0.0992. The Balaban J connectivity index is 1.52. The number of hydrogen-bond acceptors (Lipinski definition) is 4. The van der Waals surface area contributed by atoms with Gasteiger partial charge >= 0.3 is 0 Å². The van der Waals surface area contributed by atoms with Crippen LogP contribution >= 0.6 is 0 Å². The number of piperazine rings is 1. The highest BCUT2D eigenvalue weighted by molar-refractivity contribution is 7.88. The summed E-state index contributed by atoms with van der Waals surface area (Å²) < 4.78 is 39.3. The van der Waals surface area contributed by atoms with Crippen LogP contribution in [0.3, 0.4) is 0 Å². The number of β-amino-alcohol motifs (C(OH)–C–C–N with tert-alkyl or cyclic N) is 1. The quantitative estimate of drug-likeness (QED) is 0.839. The van der Waals surface area contributed by atoms with Crippen molar-refractivity contribution in [2.45, 2.75) is 24.7 Å². The molecule has 1 N–H and O–H groups in total. The highest BCUT2D eigenvalue weighted by Crippen LogP contribution is 2.33. The monoisotopic (exact) mass is 342 g/mol. The van der Waals surface area contributed by atoms with Crippen molar-refractivity contribution in [2.24, 2.45) is 5.92 Å². The molecule has 1 aliphatic heterocycles. The van der Waals surface area contributed by atoms with Crippen LogP contribution in [-0.2, 0) is 15.8 Å². The first kappa shape index (κ1) is 16.8. The number of benzene rings is 1. The van der Waals surface area contributed by atoms with Gasteiger partial charge in [0.2, 0.25) is 10.0 Å². The molecule has 1 heterocycles. The molecule has 1 aromatic carbocycles. The predicted octanol–water partition coefficient (Wildman–Crippen LogP) is 1.04. The minimum Gasteiger partial charge on any atom is -0.392 e. The van der Waals surface area contributed by atoms with Gasteiger partial charge in [-0.05, 0) is 36.5 Å². The number of hydrogen-bond donors (Lipinski definition) is 1. The van der Waals surface area contributed by atoms with Crippen molar-refractivity contribution in [1.29, 1.82) is 0 Å². The predicted molar refractivity (Wildman–Crippen MR) is 85.8 cm³/mol. The number of aliphatic hydroxyl groups is 1. The summed E-state index contributed by atoms with van der Waals surface area (Å²) in [4.78, 5) is 2.13. The maximum Gasteiger partial charge on any atom is 0.218 e. The third-order valence-electron chi connectivity index (χ3n) is 4.60. The van der Waals surface area contributed by atoms with Crippen LogP contribution in [-0.4, -0.2) is 61.6 Å². The molecule has 3 rings (SSSR count). The molecular formula is C16H23FN2O3S. The second-order valence-corrected chi connectivity index (χ2v) is 8.46. The molecule has 1 atom stereocenters. The maximum absolute atomic E-state index is 12.9. The van der Waals surface area contributed by atoms with Crippen molar-refractivity contribution in [2.75, 3.05) is 32.7 Å². The van der Waals surface area contributed by atoms with E-state index in [1.807, 2.05) is 0 Å². The zero-order chi connectivity index (χ0) is 16.4. The molecule has 1 saturated carbocycles. The van der Waals surface area contributed by atoms with Crippen LogP contribution < -0.4 is 0 Å². The number of sulfonamides is 1. The van der Waals surface area contributed by atoms with Crippen LogP contribution in [0.2, 0.25) is 0 Å². The van der Waals surface area contributed by atoms with Crippen LogP contribution in [0.25, 0.3) is 0 Å². The van der Waals surface area contributed by atoms with Gasteiger partial charge in [0, 0.05) is 32.7 Å². The fraction of sp³-hybridized carbons (Fsp3) is 0.625. The fourth-order valence-electron chi connectivity index (χ4n) is 2.97. The summed E-state index contributed by atoms with van der Waals surface area (Å²) in [7, 11) is -3.38. The lowest BCUT2D eigenvalue weighted by molar-refractivity contribution is 0.0781. The molecule has 0 amide bonds. The van der Waals surface area contributed by atoms with Crippen molar-refractivity contribution in [3.05, 3.63) is 35.6 Å². The van der Waals surface area contributed by atoms with Crippen LogP contribution in [0.15, 0.2) is 24.3 Å². The molecule has 128 valence electrons. The molecule has 23 heavy (non-hydrogen) atoms. The summed E-state index contributed by atoms with van der Waals surface area (Å²) in [6, 6.07) is 5.58. The second kappa shape index (κ2) is 6.84. The average Bonchev–Trinajstić information content (AvgIpc) is 3.35. The molecule has 7 heteroatoms. The van der Waals surface area contributed by atoms with E-state index < -0.39 is 10.0 Å². The highest BCUT2D eigenvalue weighted by atomic mass is 32.2. The first-order chi connectivity index (χ1) is 10.9. The van der Waals surface area contributed by atoms with Gasteiger partial charge in [0.1, 0.15) is 5.82 Å². The van der Waals surface area contributed by atoms with Crippen LogP contribution in [0.1, 0.15) is 18.4 Å².